The van der Waals surface area contributed by atoms with Crippen molar-refractivity contribution >= 4 is 27.5 Å². The molecular formula is C18H23N3O6S. The van der Waals surface area contributed by atoms with E-state index in [0.29, 0.717) is 37.7 Å². The highest BCUT2D eigenvalue weighted by Crippen LogP contribution is 2.35. The molecule has 9 nitrogen and oxygen atoms in total. The van der Waals surface area contributed by atoms with Gasteiger partial charge in [0, 0.05) is 26.2 Å². The van der Waals surface area contributed by atoms with E-state index in [4.69, 9.17) is 9.47 Å². The second-order valence-corrected chi connectivity index (χ2v) is 8.94. The predicted octanol–water partition coefficient (Wildman–Crippen LogP) is 0.0553. The summed E-state index contributed by atoms with van der Waals surface area (Å²) in [6.07, 6.45) is 1.92. The summed E-state index contributed by atoms with van der Waals surface area (Å²) in [6, 6.07) is 4.44. The minimum atomic E-state index is -3.72. The third-order valence-electron chi connectivity index (χ3n) is 5.23. The van der Waals surface area contributed by atoms with Gasteiger partial charge >= 0.3 is 0 Å². The zero-order chi connectivity index (χ0) is 19.7. The predicted molar refractivity (Wildman–Crippen MR) is 99.7 cm³/mol. The molecule has 0 atom stereocenters. The summed E-state index contributed by atoms with van der Waals surface area (Å²) in [6.45, 7) is 2.36. The molecule has 1 aromatic carbocycles. The maximum Gasteiger partial charge on any atom is 0.265 e. The van der Waals surface area contributed by atoms with Crippen molar-refractivity contribution in [1.82, 2.24) is 9.21 Å². The lowest BCUT2D eigenvalue weighted by molar-refractivity contribution is -0.131. The number of benzene rings is 1. The minimum Gasteiger partial charge on any atom is -0.482 e. The van der Waals surface area contributed by atoms with Gasteiger partial charge in [-0.1, -0.05) is 0 Å². The van der Waals surface area contributed by atoms with E-state index in [1.54, 1.807) is 11.0 Å². The highest BCUT2D eigenvalue weighted by molar-refractivity contribution is 7.89. The van der Waals surface area contributed by atoms with E-state index in [-0.39, 0.29) is 43.0 Å². The van der Waals surface area contributed by atoms with Gasteiger partial charge in [-0.25, -0.2) is 8.42 Å². The molecule has 0 saturated carbocycles. The van der Waals surface area contributed by atoms with Crippen molar-refractivity contribution in [1.29, 1.82) is 0 Å². The second-order valence-electron chi connectivity index (χ2n) is 7.00. The van der Waals surface area contributed by atoms with E-state index in [2.05, 4.69) is 0 Å². The molecule has 0 aromatic heterocycles. The van der Waals surface area contributed by atoms with Gasteiger partial charge < -0.3 is 14.4 Å². The Hall–Kier alpha value is -2.17. The van der Waals surface area contributed by atoms with Crippen LogP contribution in [0.2, 0.25) is 0 Å². The van der Waals surface area contributed by atoms with Gasteiger partial charge in [-0.3, -0.25) is 14.5 Å². The number of amides is 2. The fourth-order valence-electron chi connectivity index (χ4n) is 3.65. The third-order valence-corrected chi connectivity index (χ3v) is 7.13. The van der Waals surface area contributed by atoms with Crippen LogP contribution in [0.15, 0.2) is 23.1 Å². The largest absolute Gasteiger partial charge is 0.482 e. The van der Waals surface area contributed by atoms with E-state index in [1.165, 1.54) is 21.3 Å². The molecule has 3 aliphatic rings. The first-order valence-corrected chi connectivity index (χ1v) is 10.8. The summed E-state index contributed by atoms with van der Waals surface area (Å²) in [7, 11) is -3.72. The fourth-order valence-corrected chi connectivity index (χ4v) is 5.08. The Bertz CT molecular complexity index is 875. The number of hydrogen-bond acceptors (Lipinski definition) is 6. The molecule has 10 heteroatoms. The number of morpholine rings is 1. The van der Waals surface area contributed by atoms with Crippen molar-refractivity contribution < 1.29 is 27.5 Å². The Labute approximate surface area is 163 Å². The van der Waals surface area contributed by atoms with Crippen LogP contribution in [0.5, 0.6) is 5.75 Å². The molecule has 0 radical (unpaired) electrons. The van der Waals surface area contributed by atoms with Crippen LogP contribution in [0.3, 0.4) is 0 Å². The van der Waals surface area contributed by atoms with Gasteiger partial charge in [-0.15, -0.1) is 0 Å². The van der Waals surface area contributed by atoms with Gasteiger partial charge in [0.05, 0.1) is 23.8 Å². The van der Waals surface area contributed by atoms with Gasteiger partial charge in [0.1, 0.15) is 12.3 Å². The Kier molecular flexibility index (Phi) is 5.26. The number of rotatable bonds is 4. The number of carbonyl (C=O) groups excluding carboxylic acids is 2. The number of sulfonamides is 1. The van der Waals surface area contributed by atoms with E-state index in [0.717, 1.165) is 12.8 Å². The number of hydrogen-bond donors (Lipinski definition) is 0. The molecule has 3 aliphatic heterocycles. The first-order chi connectivity index (χ1) is 13.5. The van der Waals surface area contributed by atoms with Crippen LogP contribution < -0.4 is 9.64 Å². The van der Waals surface area contributed by atoms with Crippen LogP contribution in [0.1, 0.15) is 12.8 Å². The SMILES string of the molecule is O=C(CN1C(=O)COc2ccc(S(=O)(=O)N3CCOCC3)cc21)N1CCCC1. The zero-order valence-corrected chi connectivity index (χ0v) is 16.3. The summed E-state index contributed by atoms with van der Waals surface area (Å²) in [5, 5.41) is 0. The van der Waals surface area contributed by atoms with Gasteiger partial charge in [0.25, 0.3) is 5.91 Å². The molecule has 0 aliphatic carbocycles. The first-order valence-electron chi connectivity index (χ1n) is 9.40. The monoisotopic (exact) mass is 409 g/mol. The topological polar surface area (TPSA) is 96.5 Å². The van der Waals surface area contributed by atoms with E-state index in [9.17, 15) is 18.0 Å². The number of ether oxygens (including phenoxy) is 2. The summed E-state index contributed by atoms with van der Waals surface area (Å²) >= 11 is 0. The molecular weight excluding hydrogens is 386 g/mol. The lowest BCUT2D eigenvalue weighted by atomic mass is 10.2. The van der Waals surface area contributed by atoms with Gasteiger partial charge in [-0.05, 0) is 31.0 Å². The smallest absolute Gasteiger partial charge is 0.265 e. The summed E-state index contributed by atoms with van der Waals surface area (Å²) in [5.41, 5.74) is 0.318. The molecule has 0 spiro atoms. The zero-order valence-electron chi connectivity index (χ0n) is 15.5. The van der Waals surface area contributed by atoms with Crippen molar-refractivity contribution in [2.75, 3.05) is 57.4 Å². The number of carbonyl (C=O) groups is 2. The third kappa shape index (κ3) is 3.59. The van der Waals surface area contributed by atoms with Gasteiger partial charge in [0.2, 0.25) is 15.9 Å². The molecule has 28 heavy (non-hydrogen) atoms. The molecule has 152 valence electrons. The average Bonchev–Trinajstić information content (AvgIpc) is 3.25. The molecule has 0 N–H and O–H groups in total. The average molecular weight is 409 g/mol. The number of fused-ring (bicyclic) bond motifs is 1. The molecule has 0 bridgehead atoms. The lowest BCUT2D eigenvalue weighted by Gasteiger charge is -2.31. The lowest BCUT2D eigenvalue weighted by Crippen LogP contribution is -2.46. The highest BCUT2D eigenvalue weighted by Gasteiger charge is 2.33. The van der Waals surface area contributed by atoms with Crippen LogP contribution in [0, 0.1) is 0 Å². The van der Waals surface area contributed by atoms with Crippen LogP contribution in [0.4, 0.5) is 5.69 Å². The maximum atomic E-state index is 12.9. The molecule has 2 saturated heterocycles. The number of likely N-dealkylation sites (tertiary alicyclic amines) is 1. The van der Waals surface area contributed by atoms with E-state index >= 15 is 0 Å². The summed E-state index contributed by atoms with van der Waals surface area (Å²) in [5.74, 6) is -0.101. The summed E-state index contributed by atoms with van der Waals surface area (Å²) in [4.78, 5) is 28.1. The van der Waals surface area contributed by atoms with Crippen molar-refractivity contribution in [3.05, 3.63) is 18.2 Å². The van der Waals surface area contributed by atoms with E-state index < -0.39 is 10.0 Å². The van der Waals surface area contributed by atoms with E-state index in [1.807, 2.05) is 0 Å². The fraction of sp³-hybridized carbons (Fsp3) is 0.556. The summed E-state index contributed by atoms with van der Waals surface area (Å²) < 4.78 is 37.9. The van der Waals surface area contributed by atoms with Crippen LogP contribution >= 0.6 is 0 Å². The Morgan fingerprint density at radius 3 is 2.50 bits per heavy atom. The highest BCUT2D eigenvalue weighted by atomic mass is 32.2. The van der Waals surface area contributed by atoms with Crippen molar-refractivity contribution in [2.45, 2.75) is 17.7 Å². The van der Waals surface area contributed by atoms with Crippen LogP contribution in [-0.4, -0.2) is 82.0 Å². The van der Waals surface area contributed by atoms with Crippen LogP contribution in [0.25, 0.3) is 0 Å². The first kappa shape index (κ1) is 19.2. The Balaban J connectivity index is 1.62. The number of nitrogens with zero attached hydrogens (tertiary/aromatic N) is 3. The quantitative estimate of drug-likeness (QED) is 0.698. The van der Waals surface area contributed by atoms with Crippen molar-refractivity contribution in [2.24, 2.45) is 0 Å². The van der Waals surface area contributed by atoms with Crippen molar-refractivity contribution in [3.8, 4) is 5.75 Å². The molecule has 1 aromatic rings. The Morgan fingerprint density at radius 2 is 1.79 bits per heavy atom. The molecule has 2 amide bonds. The maximum absolute atomic E-state index is 12.9. The molecule has 4 rings (SSSR count). The van der Waals surface area contributed by atoms with Crippen molar-refractivity contribution in [3.63, 3.8) is 0 Å². The molecule has 0 unspecified atom stereocenters. The minimum absolute atomic E-state index is 0.0741. The second kappa shape index (κ2) is 7.69. The standard InChI is InChI=1S/C18H23N3O6S/c22-17(19-5-1-2-6-19)12-21-15-11-14(3-4-16(15)27-13-18(21)23)28(24,25)20-7-9-26-10-8-20/h3-4,11H,1-2,5-10,12-13H2. The normalized spacial score (nSPS) is 20.8. The Morgan fingerprint density at radius 1 is 1.07 bits per heavy atom. The van der Waals surface area contributed by atoms with Crippen LogP contribution in [-0.2, 0) is 24.3 Å². The van der Waals surface area contributed by atoms with Gasteiger partial charge in [0.15, 0.2) is 6.61 Å². The molecule has 2 fully saturated rings. The van der Waals surface area contributed by atoms with Gasteiger partial charge in [-0.2, -0.15) is 4.31 Å². The number of anilines is 1. The molecule has 3 heterocycles.